The van der Waals surface area contributed by atoms with E-state index in [1.165, 1.54) is 0 Å². The summed E-state index contributed by atoms with van der Waals surface area (Å²) in [6.45, 7) is 2.65. The van der Waals surface area contributed by atoms with Crippen molar-refractivity contribution in [2.45, 2.75) is 6.92 Å². The number of nitrogens with two attached hydrogens (primary N) is 1. The molecule has 2 N–H and O–H groups in total. The van der Waals surface area contributed by atoms with E-state index in [1.807, 2.05) is 6.92 Å². The SMILES string of the molecule is CCN.[H-].[Na+]. The van der Waals surface area contributed by atoms with Crippen molar-refractivity contribution in [3.63, 3.8) is 0 Å². The van der Waals surface area contributed by atoms with Crippen LogP contribution in [0.5, 0.6) is 0 Å². The molecule has 0 radical (unpaired) electrons. The first-order valence-corrected chi connectivity index (χ1v) is 1.12. The van der Waals surface area contributed by atoms with Gasteiger partial charge in [-0.2, -0.15) is 0 Å². The molecule has 0 bridgehead atoms. The van der Waals surface area contributed by atoms with E-state index in [1.54, 1.807) is 0 Å². The minimum atomic E-state index is 0. The average molecular weight is 69.1 g/mol. The van der Waals surface area contributed by atoms with Crippen molar-refractivity contribution in [1.82, 2.24) is 0 Å². The van der Waals surface area contributed by atoms with Gasteiger partial charge in [-0.05, 0) is 6.54 Å². The standard InChI is InChI=1S/C2H7N.Na.H/c1-2-3;;/h2-3H2,1H3;;/q;+1;-1. The van der Waals surface area contributed by atoms with Crippen molar-refractivity contribution >= 4 is 0 Å². The fraction of sp³-hybridized carbons (Fsp3) is 1.00. The second-order valence-corrected chi connectivity index (χ2v) is 0.408. The van der Waals surface area contributed by atoms with Crippen molar-refractivity contribution in [3.05, 3.63) is 0 Å². The van der Waals surface area contributed by atoms with Crippen LogP contribution in [0, 0.1) is 0 Å². The summed E-state index contributed by atoms with van der Waals surface area (Å²) in [5.74, 6) is 0. The largest absolute Gasteiger partial charge is 1.00 e. The summed E-state index contributed by atoms with van der Waals surface area (Å²) in [4.78, 5) is 0. The molecule has 4 heavy (non-hydrogen) atoms. The van der Waals surface area contributed by atoms with E-state index in [9.17, 15) is 0 Å². The van der Waals surface area contributed by atoms with E-state index in [4.69, 9.17) is 5.73 Å². The Kier molecular flexibility index (Phi) is 20.0. The molecular formula is C2H8NNa. The third kappa shape index (κ3) is 12.3. The molecule has 0 saturated heterocycles. The molecule has 0 unspecified atom stereocenters. The fourth-order valence-electron chi connectivity index (χ4n) is 0. The summed E-state index contributed by atoms with van der Waals surface area (Å²) in [5, 5.41) is 0. The Morgan fingerprint density at radius 3 is 2.00 bits per heavy atom. The molecule has 0 aromatic carbocycles. The molecule has 0 fully saturated rings. The average Bonchev–Trinajstić information content (AvgIpc) is 0.918. The van der Waals surface area contributed by atoms with Crippen molar-refractivity contribution in [3.8, 4) is 0 Å². The predicted octanol–water partition coefficient (Wildman–Crippen LogP) is -2.92. The second-order valence-electron chi connectivity index (χ2n) is 0.408. The first-order valence-electron chi connectivity index (χ1n) is 1.12. The zero-order valence-electron chi connectivity index (χ0n) is 4.28. The van der Waals surface area contributed by atoms with Crippen LogP contribution in [-0.4, -0.2) is 6.54 Å². The molecule has 0 amide bonds. The first-order chi connectivity index (χ1) is 1.41. The van der Waals surface area contributed by atoms with Gasteiger partial charge < -0.3 is 7.16 Å². The Hall–Kier alpha value is 0.960. The van der Waals surface area contributed by atoms with Crippen LogP contribution in [-0.2, 0) is 0 Å². The number of rotatable bonds is 0. The predicted molar refractivity (Wildman–Crippen MR) is 15.8 cm³/mol. The van der Waals surface area contributed by atoms with Gasteiger partial charge in [0.2, 0.25) is 0 Å². The molecule has 22 valence electrons. The molecule has 0 aromatic heterocycles. The molecule has 0 spiro atoms. The Morgan fingerprint density at radius 2 is 2.00 bits per heavy atom. The van der Waals surface area contributed by atoms with Gasteiger partial charge >= 0.3 is 29.6 Å². The molecular weight excluding hydrogens is 61.0 g/mol. The normalized spacial score (nSPS) is 4.50. The minimum Gasteiger partial charge on any atom is -1.00 e. The summed E-state index contributed by atoms with van der Waals surface area (Å²) in [6, 6.07) is 0. The Morgan fingerprint density at radius 1 is 2.00 bits per heavy atom. The smallest absolute Gasteiger partial charge is 1.00 e. The summed E-state index contributed by atoms with van der Waals surface area (Å²) in [7, 11) is 0. The van der Waals surface area contributed by atoms with Gasteiger partial charge in [0.25, 0.3) is 0 Å². The van der Waals surface area contributed by atoms with Crippen molar-refractivity contribution in [2.24, 2.45) is 5.73 Å². The fourth-order valence-corrected chi connectivity index (χ4v) is 0. The van der Waals surface area contributed by atoms with Crippen LogP contribution >= 0.6 is 0 Å². The van der Waals surface area contributed by atoms with Crippen molar-refractivity contribution in [1.29, 1.82) is 0 Å². The zero-order chi connectivity index (χ0) is 2.71. The van der Waals surface area contributed by atoms with E-state index in [0.29, 0.717) is 0 Å². The number of hydrogen-bond acceptors (Lipinski definition) is 1. The van der Waals surface area contributed by atoms with Gasteiger partial charge in [0.1, 0.15) is 0 Å². The quantitative estimate of drug-likeness (QED) is 0.303. The maximum absolute atomic E-state index is 4.85. The molecule has 0 aromatic rings. The van der Waals surface area contributed by atoms with Crippen LogP contribution in [0.2, 0.25) is 0 Å². The van der Waals surface area contributed by atoms with E-state index in [0.717, 1.165) is 6.54 Å². The molecule has 0 aliphatic rings. The summed E-state index contributed by atoms with van der Waals surface area (Å²) >= 11 is 0. The monoisotopic (exact) mass is 69.1 g/mol. The summed E-state index contributed by atoms with van der Waals surface area (Å²) in [6.07, 6.45) is 0. The molecule has 1 nitrogen and oxygen atoms in total. The van der Waals surface area contributed by atoms with Gasteiger partial charge in [-0.15, -0.1) is 0 Å². The molecule has 0 atom stereocenters. The third-order valence-electron chi connectivity index (χ3n) is 0. The van der Waals surface area contributed by atoms with Crippen LogP contribution in [0.15, 0.2) is 0 Å². The van der Waals surface area contributed by atoms with Gasteiger partial charge in [-0.1, -0.05) is 6.92 Å². The molecule has 0 heterocycles. The maximum Gasteiger partial charge on any atom is 1.00 e. The Labute approximate surface area is 50.3 Å². The third-order valence-corrected chi connectivity index (χ3v) is 0. The van der Waals surface area contributed by atoms with E-state index in [2.05, 4.69) is 0 Å². The zero-order valence-corrected chi connectivity index (χ0v) is 5.28. The molecule has 0 aliphatic carbocycles. The van der Waals surface area contributed by atoms with Crippen LogP contribution in [0.4, 0.5) is 0 Å². The van der Waals surface area contributed by atoms with E-state index >= 15 is 0 Å². The van der Waals surface area contributed by atoms with Gasteiger partial charge in [0.15, 0.2) is 0 Å². The maximum atomic E-state index is 4.85. The summed E-state index contributed by atoms with van der Waals surface area (Å²) in [5.41, 5.74) is 4.85. The second kappa shape index (κ2) is 9.03. The van der Waals surface area contributed by atoms with Crippen LogP contribution in [0.3, 0.4) is 0 Å². The summed E-state index contributed by atoms with van der Waals surface area (Å²) < 4.78 is 0. The van der Waals surface area contributed by atoms with Crippen molar-refractivity contribution < 1.29 is 31.0 Å². The van der Waals surface area contributed by atoms with Crippen LogP contribution in [0.25, 0.3) is 0 Å². The molecule has 0 rings (SSSR count). The Bertz CT molecular complexity index is 9.61. The minimum absolute atomic E-state index is 0. The van der Waals surface area contributed by atoms with Crippen molar-refractivity contribution in [2.75, 3.05) is 6.54 Å². The topological polar surface area (TPSA) is 26.0 Å². The molecule has 2 heteroatoms. The van der Waals surface area contributed by atoms with Gasteiger partial charge in [-0.25, -0.2) is 0 Å². The van der Waals surface area contributed by atoms with Gasteiger partial charge in [0.05, 0.1) is 0 Å². The van der Waals surface area contributed by atoms with Crippen LogP contribution in [0.1, 0.15) is 8.35 Å². The molecule has 0 saturated carbocycles. The van der Waals surface area contributed by atoms with E-state index < -0.39 is 0 Å². The van der Waals surface area contributed by atoms with Gasteiger partial charge in [-0.3, -0.25) is 0 Å². The van der Waals surface area contributed by atoms with E-state index in [-0.39, 0.29) is 31.0 Å². The van der Waals surface area contributed by atoms with Crippen LogP contribution < -0.4 is 35.3 Å². The first kappa shape index (κ1) is 8.88. The Balaban J connectivity index is -0.0000000200. The van der Waals surface area contributed by atoms with Gasteiger partial charge in [0, 0.05) is 0 Å². The number of hydrogen-bond donors (Lipinski definition) is 1. The molecule has 0 aliphatic heterocycles.